The number of likely N-dealkylation sites (tertiary alicyclic amines) is 1. The van der Waals surface area contributed by atoms with E-state index in [0.717, 1.165) is 4.90 Å². The van der Waals surface area contributed by atoms with Crippen LogP contribution in [0.5, 0.6) is 0 Å². The lowest BCUT2D eigenvalue weighted by molar-refractivity contribution is -0.270. The van der Waals surface area contributed by atoms with E-state index in [0.29, 0.717) is 12.0 Å². The van der Waals surface area contributed by atoms with E-state index in [1.165, 1.54) is 27.7 Å². The summed E-state index contributed by atoms with van der Waals surface area (Å²) in [7, 11) is 0. The van der Waals surface area contributed by atoms with Gasteiger partial charge in [0.25, 0.3) is 5.91 Å². The third-order valence-electron chi connectivity index (χ3n) is 5.07. The van der Waals surface area contributed by atoms with Gasteiger partial charge in [0.15, 0.2) is 0 Å². The van der Waals surface area contributed by atoms with Crippen LogP contribution in [0.3, 0.4) is 0 Å². The van der Waals surface area contributed by atoms with Crippen LogP contribution < -0.4 is 10.6 Å². The zero-order chi connectivity index (χ0) is 27.5. The zero-order valence-electron chi connectivity index (χ0n) is 20.7. The van der Waals surface area contributed by atoms with Crippen LogP contribution in [0.1, 0.15) is 61.3 Å². The summed E-state index contributed by atoms with van der Waals surface area (Å²) in [6.07, 6.45) is -6.63. The first-order valence-electron chi connectivity index (χ1n) is 11.0. The number of alkyl halides is 5. The van der Waals surface area contributed by atoms with E-state index in [9.17, 15) is 41.1 Å². The smallest absolute Gasteiger partial charge is 0.444 e. The minimum absolute atomic E-state index is 0.0582. The van der Waals surface area contributed by atoms with Gasteiger partial charge in [-0.15, -0.1) is 0 Å². The van der Waals surface area contributed by atoms with Crippen LogP contribution in [-0.4, -0.2) is 64.9 Å². The molecule has 0 aromatic rings. The molecule has 1 heterocycles. The number of hydrogen-bond donors (Lipinski definition) is 2. The van der Waals surface area contributed by atoms with Gasteiger partial charge in [0, 0.05) is 6.54 Å². The number of rotatable bonds is 7. The molecule has 0 radical (unpaired) electrons. The number of Topliss-reactive ketones (excluding diaryl/α,β-unsaturated/α-hetero) is 1. The van der Waals surface area contributed by atoms with Crippen molar-refractivity contribution in [2.45, 2.75) is 91.1 Å². The van der Waals surface area contributed by atoms with Crippen LogP contribution in [-0.2, 0) is 19.1 Å². The lowest BCUT2D eigenvalue weighted by Crippen LogP contribution is -2.58. The van der Waals surface area contributed by atoms with E-state index in [2.05, 4.69) is 5.32 Å². The second-order valence-corrected chi connectivity index (χ2v) is 9.83. The quantitative estimate of drug-likeness (QED) is 0.399. The Morgan fingerprint density at radius 3 is 1.97 bits per heavy atom. The standard InChI is InChI=1S/C22H32F5N3O5/c1-11(2)14(16(31)21(23,24)22(25,26)27)28-17(32)13-9-8-10-30(13)18(33)15(12(3)4)29-19(34)35-20(5,6)7/h11,13-14H,8-10H2,1-7H3,(H,28,32)(H,29,34)/t13-,14+/m0/s1. The Labute approximate surface area is 200 Å². The molecular formula is C22H32F5N3O5. The van der Waals surface area contributed by atoms with Crippen LogP contribution in [0, 0.1) is 5.92 Å². The molecule has 2 N–H and O–H groups in total. The molecule has 0 spiro atoms. The fourth-order valence-corrected chi connectivity index (χ4v) is 3.34. The van der Waals surface area contributed by atoms with Gasteiger partial charge in [-0.05, 0) is 59.0 Å². The van der Waals surface area contributed by atoms with Crippen molar-refractivity contribution in [3.05, 3.63) is 11.3 Å². The molecule has 8 nitrogen and oxygen atoms in total. The van der Waals surface area contributed by atoms with Crippen molar-refractivity contribution in [3.63, 3.8) is 0 Å². The van der Waals surface area contributed by atoms with Crippen LogP contribution in [0.4, 0.5) is 26.7 Å². The Hall–Kier alpha value is -2.73. The number of amides is 3. The largest absolute Gasteiger partial charge is 0.461 e. The topological polar surface area (TPSA) is 105 Å². The molecule has 0 saturated carbocycles. The van der Waals surface area contributed by atoms with Crippen LogP contribution in [0.2, 0.25) is 0 Å². The van der Waals surface area contributed by atoms with E-state index in [1.54, 1.807) is 20.8 Å². The van der Waals surface area contributed by atoms with Gasteiger partial charge >= 0.3 is 18.2 Å². The van der Waals surface area contributed by atoms with Crippen molar-refractivity contribution in [2.24, 2.45) is 5.92 Å². The van der Waals surface area contributed by atoms with Crippen molar-refractivity contribution in [2.75, 3.05) is 6.54 Å². The molecule has 2 atom stereocenters. The maximum atomic E-state index is 13.7. The van der Waals surface area contributed by atoms with Crippen LogP contribution in [0.25, 0.3) is 0 Å². The number of carbonyl (C=O) groups excluding carboxylic acids is 4. The molecule has 0 unspecified atom stereocenters. The first-order valence-corrected chi connectivity index (χ1v) is 11.0. The SMILES string of the molecule is CC(C)=C(NC(=O)OC(C)(C)C)C(=O)N1CCC[C@H]1C(=O)N[C@@H](C(=O)C(F)(F)C(F)(F)F)C(C)C. The number of nitrogens with one attached hydrogen (secondary N) is 2. The Morgan fingerprint density at radius 1 is 1.00 bits per heavy atom. The third-order valence-corrected chi connectivity index (χ3v) is 5.07. The molecule has 0 aromatic heterocycles. The van der Waals surface area contributed by atoms with Gasteiger partial charge in [-0.25, -0.2) is 4.79 Å². The molecule has 3 amide bonds. The summed E-state index contributed by atoms with van der Waals surface area (Å²) in [5.41, 5.74) is -0.640. The summed E-state index contributed by atoms with van der Waals surface area (Å²) in [5, 5.41) is 4.31. The Bertz CT molecular complexity index is 874. The highest BCUT2D eigenvalue weighted by molar-refractivity contribution is 6.01. The highest BCUT2D eigenvalue weighted by Crippen LogP contribution is 2.37. The lowest BCUT2D eigenvalue weighted by Gasteiger charge is -2.30. The predicted molar refractivity (Wildman–Crippen MR) is 115 cm³/mol. The summed E-state index contributed by atoms with van der Waals surface area (Å²) in [4.78, 5) is 51.2. The maximum absolute atomic E-state index is 13.7. The molecule has 1 saturated heterocycles. The van der Waals surface area contributed by atoms with Crippen molar-refractivity contribution < 1.29 is 45.9 Å². The monoisotopic (exact) mass is 513 g/mol. The fourth-order valence-electron chi connectivity index (χ4n) is 3.34. The Morgan fingerprint density at radius 2 is 1.54 bits per heavy atom. The van der Waals surface area contributed by atoms with Gasteiger partial charge in [0.2, 0.25) is 11.7 Å². The first kappa shape index (κ1) is 30.3. The second kappa shape index (κ2) is 10.9. The number of allylic oxidation sites excluding steroid dienone is 1. The van der Waals surface area contributed by atoms with Crippen molar-refractivity contribution in [1.82, 2.24) is 15.5 Å². The van der Waals surface area contributed by atoms with Gasteiger partial charge in [0.05, 0.1) is 6.04 Å². The first-order chi connectivity index (χ1) is 15.7. The molecule has 35 heavy (non-hydrogen) atoms. The molecular weight excluding hydrogens is 481 g/mol. The zero-order valence-corrected chi connectivity index (χ0v) is 20.7. The van der Waals surface area contributed by atoms with Gasteiger partial charge in [-0.3, -0.25) is 19.7 Å². The van der Waals surface area contributed by atoms with E-state index < -0.39 is 59.4 Å². The van der Waals surface area contributed by atoms with Gasteiger partial charge < -0.3 is 15.0 Å². The molecule has 0 aliphatic carbocycles. The van der Waals surface area contributed by atoms with Crippen molar-refractivity contribution >= 4 is 23.7 Å². The normalized spacial score (nSPS) is 17.6. The molecule has 200 valence electrons. The van der Waals surface area contributed by atoms with E-state index in [1.807, 2.05) is 5.32 Å². The number of ketones is 1. The summed E-state index contributed by atoms with van der Waals surface area (Å²) in [6, 6.07) is -3.38. The van der Waals surface area contributed by atoms with Crippen molar-refractivity contribution in [1.29, 1.82) is 0 Å². The lowest BCUT2D eigenvalue weighted by atomic mass is 9.95. The Kier molecular flexibility index (Phi) is 9.44. The van der Waals surface area contributed by atoms with E-state index in [-0.39, 0.29) is 18.7 Å². The van der Waals surface area contributed by atoms with Crippen LogP contribution in [0.15, 0.2) is 11.3 Å². The number of alkyl carbamates (subject to hydrolysis) is 1. The van der Waals surface area contributed by atoms with E-state index in [4.69, 9.17) is 4.74 Å². The van der Waals surface area contributed by atoms with E-state index >= 15 is 0 Å². The molecule has 13 heteroatoms. The third kappa shape index (κ3) is 7.63. The molecule has 0 aromatic carbocycles. The highest BCUT2D eigenvalue weighted by Gasteiger charge is 2.64. The highest BCUT2D eigenvalue weighted by atomic mass is 19.4. The molecule has 1 aliphatic rings. The van der Waals surface area contributed by atoms with Gasteiger partial charge in [-0.2, -0.15) is 22.0 Å². The van der Waals surface area contributed by atoms with Gasteiger partial charge in [0.1, 0.15) is 17.3 Å². The number of ether oxygens (including phenoxy) is 1. The predicted octanol–water partition coefficient (Wildman–Crippen LogP) is 3.70. The number of carbonyl (C=O) groups is 4. The molecule has 1 fully saturated rings. The maximum Gasteiger partial charge on any atom is 0.461 e. The average Bonchev–Trinajstić information content (AvgIpc) is 3.16. The molecule has 1 aliphatic heterocycles. The Balaban J connectivity index is 3.12. The van der Waals surface area contributed by atoms with Gasteiger partial charge in [-0.1, -0.05) is 13.8 Å². The summed E-state index contributed by atoms with van der Waals surface area (Å²) >= 11 is 0. The number of hydrogen-bond acceptors (Lipinski definition) is 5. The summed E-state index contributed by atoms with van der Waals surface area (Å²) in [6.45, 7) is 10.4. The average molecular weight is 514 g/mol. The molecule has 0 bridgehead atoms. The number of halogens is 5. The minimum Gasteiger partial charge on any atom is -0.444 e. The van der Waals surface area contributed by atoms with Crippen molar-refractivity contribution in [3.8, 4) is 0 Å². The molecule has 1 rings (SSSR count). The second-order valence-electron chi connectivity index (χ2n) is 9.83. The number of nitrogens with zero attached hydrogens (tertiary/aromatic N) is 1. The fraction of sp³-hybridized carbons (Fsp3) is 0.727. The van der Waals surface area contributed by atoms with Crippen LogP contribution >= 0.6 is 0 Å². The summed E-state index contributed by atoms with van der Waals surface area (Å²) in [5.74, 6) is -11.0. The minimum atomic E-state index is -6.12. The summed E-state index contributed by atoms with van der Waals surface area (Å²) < 4.78 is 70.5.